The van der Waals surface area contributed by atoms with E-state index in [0.29, 0.717) is 12.1 Å². The lowest BCUT2D eigenvalue weighted by Gasteiger charge is -2.22. The zero-order valence-electron chi connectivity index (χ0n) is 12.5. The molecule has 0 amide bonds. The molecule has 0 aliphatic heterocycles. The quantitative estimate of drug-likeness (QED) is 0.867. The van der Waals surface area contributed by atoms with E-state index in [1.807, 2.05) is 11.3 Å². The molecule has 1 heterocycles. The minimum absolute atomic E-state index is 0.416. The number of methoxy groups -OCH3 is 1. The van der Waals surface area contributed by atoms with Gasteiger partial charge < -0.3 is 10.1 Å². The zero-order chi connectivity index (χ0) is 13.8. The highest BCUT2D eigenvalue weighted by Crippen LogP contribution is 2.30. The molecule has 1 aromatic heterocycles. The predicted molar refractivity (Wildman–Crippen MR) is 80.8 cm³/mol. The molecule has 108 valence electrons. The topological polar surface area (TPSA) is 34.1 Å². The number of rotatable bonds is 6. The van der Waals surface area contributed by atoms with Crippen molar-refractivity contribution in [3.63, 3.8) is 0 Å². The average molecular weight is 282 g/mol. The molecule has 1 aliphatic carbocycles. The van der Waals surface area contributed by atoms with E-state index >= 15 is 0 Å². The smallest absolute Gasteiger partial charge is 0.0954 e. The molecule has 1 N–H and O–H groups in total. The van der Waals surface area contributed by atoms with Crippen LogP contribution in [0.1, 0.15) is 54.7 Å². The second-order valence-corrected chi connectivity index (χ2v) is 6.82. The highest BCUT2D eigenvalue weighted by molar-refractivity contribution is 7.11. The Morgan fingerprint density at radius 2 is 2.26 bits per heavy atom. The molecule has 0 aromatic carbocycles. The fourth-order valence-corrected chi connectivity index (χ4v) is 4.01. The van der Waals surface area contributed by atoms with Crippen LogP contribution < -0.4 is 5.32 Å². The number of hydrogen-bond acceptors (Lipinski definition) is 4. The minimum Gasteiger partial charge on any atom is -0.384 e. The van der Waals surface area contributed by atoms with Gasteiger partial charge >= 0.3 is 0 Å². The van der Waals surface area contributed by atoms with Crippen molar-refractivity contribution in [2.75, 3.05) is 13.7 Å². The van der Waals surface area contributed by atoms with Crippen molar-refractivity contribution < 1.29 is 4.74 Å². The third kappa shape index (κ3) is 3.77. The van der Waals surface area contributed by atoms with Gasteiger partial charge in [0.25, 0.3) is 0 Å². The van der Waals surface area contributed by atoms with E-state index in [2.05, 4.69) is 31.1 Å². The lowest BCUT2D eigenvalue weighted by Crippen LogP contribution is -2.33. The summed E-state index contributed by atoms with van der Waals surface area (Å²) >= 11 is 1.84. The van der Waals surface area contributed by atoms with Crippen LogP contribution in [0, 0.1) is 12.8 Å². The third-order valence-corrected chi connectivity index (χ3v) is 5.52. The molecule has 0 bridgehead atoms. The van der Waals surface area contributed by atoms with Crippen LogP contribution in [0.4, 0.5) is 0 Å². The number of nitrogens with zero attached hydrogens (tertiary/aromatic N) is 1. The van der Waals surface area contributed by atoms with E-state index in [1.165, 1.54) is 34.8 Å². The van der Waals surface area contributed by atoms with Gasteiger partial charge in [-0.3, -0.25) is 0 Å². The van der Waals surface area contributed by atoms with Crippen molar-refractivity contribution in [1.82, 2.24) is 10.3 Å². The van der Waals surface area contributed by atoms with Crippen molar-refractivity contribution in [2.24, 2.45) is 5.92 Å². The first kappa shape index (κ1) is 14.9. The summed E-state index contributed by atoms with van der Waals surface area (Å²) in [7, 11) is 1.74. The summed E-state index contributed by atoms with van der Waals surface area (Å²) in [5, 5.41) is 4.99. The lowest BCUT2D eigenvalue weighted by atomic mass is 10.1. The highest BCUT2D eigenvalue weighted by Gasteiger charge is 2.26. The Kier molecular flexibility index (Phi) is 5.37. The Labute approximate surface area is 120 Å². The summed E-state index contributed by atoms with van der Waals surface area (Å²) in [6.45, 7) is 7.51. The summed E-state index contributed by atoms with van der Waals surface area (Å²) in [4.78, 5) is 6.06. The van der Waals surface area contributed by atoms with Gasteiger partial charge in [-0.15, -0.1) is 11.3 Å². The SMILES string of the molecule is COCCc1nc(C)c(C(C)NC2CCCC2C)s1. The number of nitrogens with one attached hydrogen (secondary N) is 1. The average Bonchev–Trinajstić information content (AvgIpc) is 2.94. The number of aromatic nitrogens is 1. The standard InChI is InChI=1S/C15H26N2OS/c1-10-6-5-7-13(10)16-11(2)15-12(3)17-14(19-15)8-9-18-4/h10-11,13,16H,5-9H2,1-4H3. The molecule has 3 atom stereocenters. The molecule has 1 aliphatic rings. The first-order valence-electron chi connectivity index (χ1n) is 7.33. The largest absolute Gasteiger partial charge is 0.384 e. The van der Waals surface area contributed by atoms with Crippen LogP contribution >= 0.6 is 11.3 Å². The van der Waals surface area contributed by atoms with Crippen molar-refractivity contribution >= 4 is 11.3 Å². The van der Waals surface area contributed by atoms with Gasteiger partial charge in [0.2, 0.25) is 0 Å². The lowest BCUT2D eigenvalue weighted by molar-refractivity contribution is 0.202. The summed E-state index contributed by atoms with van der Waals surface area (Å²) in [5.74, 6) is 0.809. The van der Waals surface area contributed by atoms with Gasteiger partial charge in [-0.2, -0.15) is 0 Å². The van der Waals surface area contributed by atoms with E-state index in [9.17, 15) is 0 Å². The fraction of sp³-hybridized carbons (Fsp3) is 0.800. The molecule has 1 aromatic rings. The van der Waals surface area contributed by atoms with Gasteiger partial charge in [0.05, 0.1) is 17.3 Å². The molecular weight excluding hydrogens is 256 g/mol. The molecule has 0 saturated heterocycles. The van der Waals surface area contributed by atoms with E-state index in [1.54, 1.807) is 7.11 Å². The Bertz CT molecular complexity index is 405. The van der Waals surface area contributed by atoms with Crippen LogP contribution in [0.2, 0.25) is 0 Å². The summed E-state index contributed by atoms with van der Waals surface area (Å²) in [5.41, 5.74) is 1.18. The normalized spacial score (nSPS) is 24.8. The molecular formula is C15H26N2OS. The van der Waals surface area contributed by atoms with Crippen LogP contribution in [-0.2, 0) is 11.2 Å². The molecule has 3 nitrogen and oxygen atoms in total. The monoisotopic (exact) mass is 282 g/mol. The Balaban J connectivity index is 1.97. The first-order valence-corrected chi connectivity index (χ1v) is 8.14. The second kappa shape index (κ2) is 6.82. The summed E-state index contributed by atoms with van der Waals surface area (Å²) in [6, 6.07) is 1.10. The third-order valence-electron chi connectivity index (χ3n) is 4.12. The van der Waals surface area contributed by atoms with E-state index in [4.69, 9.17) is 4.74 Å². The van der Waals surface area contributed by atoms with Crippen molar-refractivity contribution in [3.8, 4) is 0 Å². The van der Waals surface area contributed by atoms with Crippen LogP contribution in [0.25, 0.3) is 0 Å². The fourth-order valence-electron chi connectivity index (χ4n) is 2.95. The molecule has 3 unspecified atom stereocenters. The molecule has 1 fully saturated rings. The molecule has 1 saturated carbocycles. The predicted octanol–water partition coefficient (Wildman–Crippen LogP) is 3.48. The molecule has 0 radical (unpaired) electrons. The van der Waals surface area contributed by atoms with Gasteiger partial charge in [-0.05, 0) is 32.6 Å². The van der Waals surface area contributed by atoms with Crippen LogP contribution in [-0.4, -0.2) is 24.7 Å². The van der Waals surface area contributed by atoms with Gasteiger partial charge in [0.15, 0.2) is 0 Å². The van der Waals surface area contributed by atoms with Crippen molar-refractivity contribution in [1.29, 1.82) is 0 Å². The Morgan fingerprint density at radius 1 is 1.47 bits per heavy atom. The maximum atomic E-state index is 5.13. The van der Waals surface area contributed by atoms with Gasteiger partial charge in [-0.25, -0.2) is 4.98 Å². The molecule has 4 heteroatoms. The van der Waals surface area contributed by atoms with Gasteiger partial charge in [-0.1, -0.05) is 13.3 Å². The highest BCUT2D eigenvalue weighted by atomic mass is 32.1. The second-order valence-electron chi connectivity index (χ2n) is 5.70. The van der Waals surface area contributed by atoms with Crippen LogP contribution in [0.3, 0.4) is 0 Å². The van der Waals surface area contributed by atoms with Gasteiger partial charge in [0, 0.05) is 30.5 Å². The maximum Gasteiger partial charge on any atom is 0.0954 e. The number of hydrogen-bond donors (Lipinski definition) is 1. The molecule has 0 spiro atoms. The zero-order valence-corrected chi connectivity index (χ0v) is 13.3. The number of aryl methyl sites for hydroxylation is 1. The van der Waals surface area contributed by atoms with Gasteiger partial charge in [0.1, 0.15) is 0 Å². The van der Waals surface area contributed by atoms with Crippen molar-refractivity contribution in [2.45, 2.75) is 58.5 Å². The Hall–Kier alpha value is -0.450. The van der Waals surface area contributed by atoms with Crippen LogP contribution in [0.15, 0.2) is 0 Å². The molecule has 19 heavy (non-hydrogen) atoms. The minimum atomic E-state index is 0.416. The van der Waals surface area contributed by atoms with E-state index in [0.717, 1.165) is 18.9 Å². The van der Waals surface area contributed by atoms with Crippen LogP contribution in [0.5, 0.6) is 0 Å². The number of ether oxygens (including phenoxy) is 1. The van der Waals surface area contributed by atoms with Crippen molar-refractivity contribution in [3.05, 3.63) is 15.6 Å². The van der Waals surface area contributed by atoms with E-state index in [-0.39, 0.29) is 0 Å². The molecule has 2 rings (SSSR count). The van der Waals surface area contributed by atoms with E-state index < -0.39 is 0 Å². The first-order chi connectivity index (χ1) is 9.11. The number of thiazole rings is 1. The maximum absolute atomic E-state index is 5.13. The Morgan fingerprint density at radius 3 is 2.89 bits per heavy atom. The summed E-state index contributed by atoms with van der Waals surface area (Å²) in [6.07, 6.45) is 4.98. The summed E-state index contributed by atoms with van der Waals surface area (Å²) < 4.78 is 5.13.